The second-order valence-corrected chi connectivity index (χ2v) is 9.20. The Balaban J connectivity index is 1.70. The number of aromatic nitrogens is 2. The van der Waals surface area contributed by atoms with E-state index in [2.05, 4.69) is 10.2 Å². The molecule has 1 aromatic heterocycles. The van der Waals surface area contributed by atoms with Crippen LogP contribution in [0.1, 0.15) is 38.8 Å². The normalized spacial score (nSPS) is 15.2. The van der Waals surface area contributed by atoms with Crippen LogP contribution < -0.4 is 0 Å². The molecule has 1 amide bonds. The molecule has 0 fully saturated rings. The Morgan fingerprint density at radius 2 is 1.76 bits per heavy atom. The smallest absolute Gasteiger partial charge is 0.273 e. The zero-order valence-electron chi connectivity index (χ0n) is 17.4. The molecule has 0 saturated carbocycles. The summed E-state index contributed by atoms with van der Waals surface area (Å²) in [6.07, 6.45) is 0. The minimum Gasteiger partial charge on any atom is -0.507 e. The molecule has 2 heterocycles. The van der Waals surface area contributed by atoms with Crippen LogP contribution >= 0.6 is 34.8 Å². The van der Waals surface area contributed by atoms with Crippen molar-refractivity contribution in [1.82, 2.24) is 15.1 Å². The first kappa shape index (κ1) is 21.8. The van der Waals surface area contributed by atoms with Crippen LogP contribution in [-0.4, -0.2) is 26.1 Å². The zero-order chi connectivity index (χ0) is 23.3. The van der Waals surface area contributed by atoms with Gasteiger partial charge in [-0.05, 0) is 47.9 Å². The molecule has 5 rings (SSSR count). The van der Waals surface area contributed by atoms with Crippen LogP contribution in [0.15, 0.2) is 60.7 Å². The van der Waals surface area contributed by atoms with Crippen molar-refractivity contribution in [2.45, 2.75) is 19.5 Å². The van der Waals surface area contributed by atoms with Crippen molar-refractivity contribution in [2.75, 3.05) is 0 Å². The second kappa shape index (κ2) is 8.41. The molecule has 1 unspecified atom stereocenters. The van der Waals surface area contributed by atoms with Crippen molar-refractivity contribution in [3.63, 3.8) is 0 Å². The number of nitrogens with zero attached hydrogens (tertiary/aromatic N) is 2. The third-order valence-corrected chi connectivity index (χ3v) is 7.00. The van der Waals surface area contributed by atoms with Gasteiger partial charge in [0.1, 0.15) is 17.1 Å². The predicted molar refractivity (Wildman–Crippen MR) is 130 cm³/mol. The number of aromatic hydroxyl groups is 1. The van der Waals surface area contributed by atoms with E-state index in [1.807, 2.05) is 43.3 Å². The SMILES string of the molecule is Cc1cc(O)c(-c2n[nH]c3c2C(c2ccc(Cl)c(Cl)c2)N(Cc2ccccc2)C3=O)cc1Cl. The molecule has 1 atom stereocenters. The molecule has 3 aromatic carbocycles. The molecule has 33 heavy (non-hydrogen) atoms. The maximum atomic E-state index is 13.5. The lowest BCUT2D eigenvalue weighted by Gasteiger charge is -2.27. The van der Waals surface area contributed by atoms with Crippen LogP contribution in [0.3, 0.4) is 0 Å². The number of nitrogens with one attached hydrogen (secondary N) is 1. The molecule has 4 aromatic rings. The van der Waals surface area contributed by atoms with E-state index in [0.717, 1.165) is 16.7 Å². The number of carbonyl (C=O) groups excluding carboxylic acids is 1. The maximum Gasteiger partial charge on any atom is 0.273 e. The van der Waals surface area contributed by atoms with Crippen molar-refractivity contribution in [1.29, 1.82) is 0 Å². The van der Waals surface area contributed by atoms with Gasteiger partial charge in [0.25, 0.3) is 5.91 Å². The van der Waals surface area contributed by atoms with E-state index in [0.29, 0.717) is 44.1 Å². The highest BCUT2D eigenvalue weighted by molar-refractivity contribution is 6.42. The standard InChI is InChI=1S/C25H18Cl3N3O2/c1-13-9-20(32)16(11-18(13)27)22-21-23(30-29-22)25(33)31(12-14-5-3-2-4-6-14)24(21)15-7-8-17(26)19(28)10-15/h2-11,24,32H,12H2,1H3,(H,29,30). The number of aryl methyl sites for hydroxylation is 1. The molecule has 1 aliphatic rings. The van der Waals surface area contributed by atoms with Crippen LogP contribution in [0.2, 0.25) is 15.1 Å². The lowest BCUT2D eigenvalue weighted by atomic mass is 9.95. The zero-order valence-corrected chi connectivity index (χ0v) is 19.7. The van der Waals surface area contributed by atoms with Gasteiger partial charge in [0.15, 0.2) is 0 Å². The Morgan fingerprint density at radius 3 is 2.48 bits per heavy atom. The Hall–Kier alpha value is -2.99. The summed E-state index contributed by atoms with van der Waals surface area (Å²) in [5.74, 6) is -0.158. The summed E-state index contributed by atoms with van der Waals surface area (Å²) in [6.45, 7) is 2.19. The number of rotatable bonds is 4. The number of aromatic amines is 1. The second-order valence-electron chi connectivity index (χ2n) is 7.97. The summed E-state index contributed by atoms with van der Waals surface area (Å²) in [6, 6.07) is 17.8. The van der Waals surface area contributed by atoms with E-state index in [-0.39, 0.29) is 11.7 Å². The number of carbonyl (C=O) groups is 1. The molecule has 0 spiro atoms. The van der Waals surface area contributed by atoms with Gasteiger partial charge in [0.2, 0.25) is 0 Å². The third kappa shape index (κ3) is 3.76. The first-order valence-electron chi connectivity index (χ1n) is 10.2. The molecular weight excluding hydrogens is 481 g/mol. The Bertz CT molecular complexity index is 1390. The molecule has 2 N–H and O–H groups in total. The monoisotopic (exact) mass is 497 g/mol. The predicted octanol–water partition coefficient (Wildman–Crippen LogP) is 6.80. The first-order valence-corrected chi connectivity index (χ1v) is 11.4. The van der Waals surface area contributed by atoms with Crippen molar-refractivity contribution >= 4 is 40.7 Å². The van der Waals surface area contributed by atoms with E-state index in [9.17, 15) is 9.90 Å². The summed E-state index contributed by atoms with van der Waals surface area (Å²) in [5.41, 5.74) is 4.45. The third-order valence-electron chi connectivity index (χ3n) is 5.85. The van der Waals surface area contributed by atoms with Gasteiger partial charge in [0.05, 0.1) is 16.1 Å². The Labute approximate surface area is 205 Å². The molecular formula is C25H18Cl3N3O2. The van der Waals surface area contributed by atoms with Crippen molar-refractivity contribution < 1.29 is 9.90 Å². The first-order chi connectivity index (χ1) is 15.8. The Morgan fingerprint density at radius 1 is 1.00 bits per heavy atom. The van der Waals surface area contributed by atoms with Gasteiger partial charge in [0, 0.05) is 22.7 Å². The van der Waals surface area contributed by atoms with Crippen LogP contribution in [-0.2, 0) is 6.54 Å². The average molecular weight is 499 g/mol. The van der Waals surface area contributed by atoms with Gasteiger partial charge >= 0.3 is 0 Å². The number of halogens is 3. The number of H-pyrrole nitrogens is 1. The minimum absolute atomic E-state index is 0.0352. The molecule has 0 saturated heterocycles. The molecule has 5 nitrogen and oxygen atoms in total. The number of hydrogen-bond acceptors (Lipinski definition) is 3. The largest absolute Gasteiger partial charge is 0.507 e. The van der Waals surface area contributed by atoms with E-state index in [1.165, 1.54) is 0 Å². The summed E-state index contributed by atoms with van der Waals surface area (Å²) in [4.78, 5) is 15.3. The summed E-state index contributed by atoms with van der Waals surface area (Å²) in [7, 11) is 0. The number of fused-ring (bicyclic) bond motifs is 1. The van der Waals surface area contributed by atoms with Gasteiger partial charge in [-0.15, -0.1) is 0 Å². The fraction of sp³-hybridized carbons (Fsp3) is 0.120. The van der Waals surface area contributed by atoms with Gasteiger partial charge in [-0.25, -0.2) is 0 Å². The molecule has 1 aliphatic heterocycles. The topological polar surface area (TPSA) is 69.2 Å². The Kier molecular flexibility index (Phi) is 5.57. The van der Waals surface area contributed by atoms with Gasteiger partial charge in [-0.2, -0.15) is 5.10 Å². The molecule has 0 bridgehead atoms. The molecule has 8 heteroatoms. The van der Waals surface area contributed by atoms with E-state index in [1.54, 1.807) is 29.2 Å². The van der Waals surface area contributed by atoms with Crippen molar-refractivity contribution in [3.05, 3.63) is 104 Å². The lowest BCUT2D eigenvalue weighted by Crippen LogP contribution is -2.29. The highest BCUT2D eigenvalue weighted by Crippen LogP contribution is 2.46. The number of hydrogen-bond donors (Lipinski definition) is 2. The number of phenols is 1. The highest BCUT2D eigenvalue weighted by Gasteiger charge is 2.42. The molecule has 166 valence electrons. The van der Waals surface area contributed by atoms with E-state index >= 15 is 0 Å². The van der Waals surface area contributed by atoms with E-state index < -0.39 is 6.04 Å². The number of phenolic OH excluding ortho intramolecular Hbond substituents is 1. The van der Waals surface area contributed by atoms with Gasteiger partial charge in [-0.3, -0.25) is 9.89 Å². The number of benzene rings is 3. The average Bonchev–Trinajstić information content (AvgIpc) is 3.33. The van der Waals surface area contributed by atoms with Crippen molar-refractivity contribution in [2.24, 2.45) is 0 Å². The van der Waals surface area contributed by atoms with Crippen LogP contribution in [0.4, 0.5) is 0 Å². The lowest BCUT2D eigenvalue weighted by molar-refractivity contribution is 0.0730. The molecule has 0 radical (unpaired) electrons. The fourth-order valence-corrected chi connectivity index (χ4v) is 4.70. The van der Waals surface area contributed by atoms with Crippen LogP contribution in [0.25, 0.3) is 11.3 Å². The summed E-state index contributed by atoms with van der Waals surface area (Å²) < 4.78 is 0. The highest BCUT2D eigenvalue weighted by atomic mass is 35.5. The number of amides is 1. The van der Waals surface area contributed by atoms with Crippen LogP contribution in [0, 0.1) is 6.92 Å². The maximum absolute atomic E-state index is 13.5. The summed E-state index contributed by atoms with van der Waals surface area (Å²) >= 11 is 18.9. The fourth-order valence-electron chi connectivity index (χ4n) is 4.23. The summed E-state index contributed by atoms with van der Waals surface area (Å²) in [5, 5.41) is 19.3. The quantitative estimate of drug-likeness (QED) is 0.325. The van der Waals surface area contributed by atoms with E-state index in [4.69, 9.17) is 34.8 Å². The van der Waals surface area contributed by atoms with Gasteiger partial charge in [-0.1, -0.05) is 71.2 Å². The minimum atomic E-state index is -0.490. The van der Waals surface area contributed by atoms with Gasteiger partial charge < -0.3 is 10.0 Å². The van der Waals surface area contributed by atoms with Crippen molar-refractivity contribution in [3.8, 4) is 17.0 Å². The van der Waals surface area contributed by atoms with Crippen LogP contribution in [0.5, 0.6) is 5.75 Å². The molecule has 0 aliphatic carbocycles.